The van der Waals surface area contributed by atoms with Crippen LogP contribution in [-0.4, -0.2) is 29.2 Å². The van der Waals surface area contributed by atoms with E-state index < -0.39 is 11.5 Å². The van der Waals surface area contributed by atoms with Gasteiger partial charge in [0.2, 0.25) is 0 Å². The van der Waals surface area contributed by atoms with Crippen molar-refractivity contribution in [1.82, 2.24) is 10.6 Å². The molecule has 112 valence electrons. The Morgan fingerprint density at radius 3 is 2.10 bits per heavy atom. The summed E-state index contributed by atoms with van der Waals surface area (Å²) in [4.78, 5) is 23.4. The van der Waals surface area contributed by atoms with Gasteiger partial charge >= 0.3 is 12.0 Å². The molecule has 0 aromatic carbocycles. The monoisotopic (exact) mass is 280 g/mol. The number of carboxylic acids is 1. The second-order valence-corrected chi connectivity index (χ2v) is 6.96. The standard InChI is InChI=1S/C15H24N2O3/c1-15(13(18)19,11-6-7-11)17-14(20)16-8-12(9-2-3-9)10-4-5-10/h9-12H,2-8H2,1H3,(H,18,19)(H2,16,17,20). The van der Waals surface area contributed by atoms with Gasteiger partial charge in [-0.3, -0.25) is 0 Å². The van der Waals surface area contributed by atoms with Crippen LogP contribution < -0.4 is 10.6 Å². The van der Waals surface area contributed by atoms with Gasteiger partial charge in [-0.15, -0.1) is 0 Å². The van der Waals surface area contributed by atoms with Crippen molar-refractivity contribution >= 4 is 12.0 Å². The van der Waals surface area contributed by atoms with Gasteiger partial charge in [-0.25, -0.2) is 9.59 Å². The minimum Gasteiger partial charge on any atom is -0.480 e. The number of hydrogen-bond acceptors (Lipinski definition) is 2. The molecule has 3 saturated carbocycles. The Hall–Kier alpha value is -1.26. The van der Waals surface area contributed by atoms with Crippen molar-refractivity contribution in [3.8, 4) is 0 Å². The molecule has 2 amide bonds. The quantitative estimate of drug-likeness (QED) is 0.667. The number of amides is 2. The first-order chi connectivity index (χ1) is 9.50. The number of carbonyl (C=O) groups is 2. The largest absolute Gasteiger partial charge is 0.480 e. The van der Waals surface area contributed by atoms with E-state index in [4.69, 9.17) is 0 Å². The molecule has 0 aromatic heterocycles. The van der Waals surface area contributed by atoms with Crippen LogP contribution in [0.15, 0.2) is 0 Å². The highest BCUT2D eigenvalue weighted by Crippen LogP contribution is 2.48. The van der Waals surface area contributed by atoms with E-state index in [1.807, 2.05) is 0 Å². The van der Waals surface area contributed by atoms with E-state index in [0.717, 1.165) is 24.7 Å². The molecule has 0 heterocycles. The minimum atomic E-state index is -1.11. The molecule has 3 rings (SSSR count). The van der Waals surface area contributed by atoms with Crippen LogP contribution in [0.25, 0.3) is 0 Å². The highest BCUT2D eigenvalue weighted by atomic mass is 16.4. The van der Waals surface area contributed by atoms with Crippen LogP contribution in [-0.2, 0) is 4.79 Å². The number of carboxylic acid groups (broad SMARTS) is 1. The van der Waals surface area contributed by atoms with Gasteiger partial charge in [-0.05, 0) is 69.1 Å². The van der Waals surface area contributed by atoms with E-state index >= 15 is 0 Å². The predicted octanol–water partition coefficient (Wildman–Crippen LogP) is 1.98. The first kappa shape index (κ1) is 13.7. The van der Waals surface area contributed by atoms with Crippen LogP contribution in [0.5, 0.6) is 0 Å². The van der Waals surface area contributed by atoms with Crippen molar-refractivity contribution in [2.24, 2.45) is 23.7 Å². The van der Waals surface area contributed by atoms with E-state index in [9.17, 15) is 14.7 Å². The van der Waals surface area contributed by atoms with E-state index in [1.54, 1.807) is 6.92 Å². The Bertz CT molecular complexity index is 401. The molecule has 1 unspecified atom stereocenters. The summed E-state index contributed by atoms with van der Waals surface area (Å²) in [5, 5.41) is 14.9. The zero-order valence-electron chi connectivity index (χ0n) is 12.0. The topological polar surface area (TPSA) is 78.4 Å². The molecule has 1 atom stereocenters. The maximum atomic E-state index is 12.0. The Morgan fingerprint density at radius 1 is 1.15 bits per heavy atom. The maximum absolute atomic E-state index is 12.0. The summed E-state index contributed by atoms with van der Waals surface area (Å²) in [6, 6.07) is -0.326. The summed E-state index contributed by atoms with van der Waals surface area (Å²) in [5.41, 5.74) is -1.11. The first-order valence-electron chi connectivity index (χ1n) is 7.80. The Morgan fingerprint density at radius 2 is 1.70 bits per heavy atom. The second-order valence-electron chi connectivity index (χ2n) is 6.96. The van der Waals surface area contributed by atoms with Crippen molar-refractivity contribution in [3.05, 3.63) is 0 Å². The van der Waals surface area contributed by atoms with E-state index in [1.165, 1.54) is 25.7 Å². The molecule has 0 aliphatic heterocycles. The lowest BCUT2D eigenvalue weighted by atomic mass is 9.96. The molecular weight excluding hydrogens is 256 g/mol. The molecule has 5 heteroatoms. The van der Waals surface area contributed by atoms with Crippen LogP contribution >= 0.6 is 0 Å². The molecule has 0 spiro atoms. The zero-order chi connectivity index (χ0) is 14.3. The van der Waals surface area contributed by atoms with Crippen LogP contribution in [0.3, 0.4) is 0 Å². The number of rotatable bonds is 7. The van der Waals surface area contributed by atoms with E-state index in [2.05, 4.69) is 10.6 Å². The number of hydrogen-bond donors (Lipinski definition) is 3. The smallest absolute Gasteiger partial charge is 0.329 e. The van der Waals surface area contributed by atoms with Gasteiger partial charge in [-0.2, -0.15) is 0 Å². The van der Waals surface area contributed by atoms with Crippen LogP contribution in [0.2, 0.25) is 0 Å². The molecule has 0 radical (unpaired) electrons. The summed E-state index contributed by atoms with van der Waals surface area (Å²) in [7, 11) is 0. The van der Waals surface area contributed by atoms with Crippen molar-refractivity contribution < 1.29 is 14.7 Å². The van der Waals surface area contributed by atoms with Crippen molar-refractivity contribution in [3.63, 3.8) is 0 Å². The third kappa shape index (κ3) is 2.91. The third-order valence-electron chi connectivity index (χ3n) is 5.16. The lowest BCUT2D eigenvalue weighted by Gasteiger charge is -2.27. The van der Waals surface area contributed by atoms with Gasteiger partial charge in [0.25, 0.3) is 0 Å². The van der Waals surface area contributed by atoms with Gasteiger partial charge in [0.15, 0.2) is 0 Å². The van der Waals surface area contributed by atoms with Crippen molar-refractivity contribution in [1.29, 1.82) is 0 Å². The van der Waals surface area contributed by atoms with E-state index in [-0.39, 0.29) is 11.9 Å². The SMILES string of the molecule is CC(NC(=O)NCC(C1CC1)C1CC1)(C(=O)O)C1CC1. The average molecular weight is 280 g/mol. The summed E-state index contributed by atoms with van der Waals surface area (Å²) in [6.45, 7) is 2.31. The lowest BCUT2D eigenvalue weighted by molar-refractivity contribution is -0.144. The van der Waals surface area contributed by atoms with Gasteiger partial charge < -0.3 is 15.7 Å². The number of nitrogens with one attached hydrogen (secondary N) is 2. The van der Waals surface area contributed by atoms with Gasteiger partial charge in [0, 0.05) is 6.54 Å². The second kappa shape index (κ2) is 4.93. The predicted molar refractivity (Wildman–Crippen MR) is 74.2 cm³/mol. The number of urea groups is 1. The zero-order valence-corrected chi connectivity index (χ0v) is 12.0. The van der Waals surface area contributed by atoms with Gasteiger partial charge in [-0.1, -0.05) is 0 Å². The fourth-order valence-electron chi connectivity index (χ4n) is 3.25. The summed E-state index contributed by atoms with van der Waals surface area (Å²) >= 11 is 0. The van der Waals surface area contributed by atoms with Gasteiger partial charge in [0.1, 0.15) is 5.54 Å². The maximum Gasteiger partial charge on any atom is 0.329 e. The average Bonchev–Trinajstić information content (AvgIpc) is 3.26. The molecule has 3 N–H and O–H groups in total. The number of carbonyl (C=O) groups excluding carboxylic acids is 1. The molecule has 3 aliphatic rings. The van der Waals surface area contributed by atoms with Crippen LogP contribution in [0.4, 0.5) is 4.79 Å². The molecule has 0 bridgehead atoms. The minimum absolute atomic E-state index is 0.0772. The van der Waals surface area contributed by atoms with Crippen LogP contribution in [0, 0.1) is 23.7 Å². The molecular formula is C15H24N2O3. The summed E-state index contributed by atoms with van der Waals surface area (Å²) < 4.78 is 0. The molecule has 3 fully saturated rings. The fraction of sp³-hybridized carbons (Fsp3) is 0.867. The molecule has 0 aromatic rings. The highest BCUT2D eigenvalue weighted by Gasteiger charge is 2.49. The Labute approximate surface area is 119 Å². The normalized spacial score (nSPS) is 25.1. The summed E-state index contributed by atoms with van der Waals surface area (Å²) in [5.74, 6) is 1.33. The lowest BCUT2D eigenvalue weighted by Crippen LogP contribution is -2.57. The van der Waals surface area contributed by atoms with Crippen molar-refractivity contribution in [2.75, 3.05) is 6.54 Å². The highest BCUT2D eigenvalue weighted by molar-refractivity contribution is 5.86. The molecule has 20 heavy (non-hydrogen) atoms. The van der Waals surface area contributed by atoms with E-state index in [0.29, 0.717) is 12.5 Å². The third-order valence-corrected chi connectivity index (χ3v) is 5.16. The van der Waals surface area contributed by atoms with Crippen molar-refractivity contribution in [2.45, 2.75) is 51.0 Å². The molecule has 3 aliphatic carbocycles. The van der Waals surface area contributed by atoms with Crippen LogP contribution in [0.1, 0.15) is 45.4 Å². The Kier molecular flexibility index (Phi) is 3.38. The fourth-order valence-corrected chi connectivity index (χ4v) is 3.25. The Balaban J connectivity index is 1.49. The number of aliphatic carboxylic acids is 1. The first-order valence-corrected chi connectivity index (χ1v) is 7.80. The molecule has 5 nitrogen and oxygen atoms in total. The molecule has 0 saturated heterocycles. The summed E-state index contributed by atoms with van der Waals surface area (Å²) in [6.07, 6.45) is 6.93. The van der Waals surface area contributed by atoms with Gasteiger partial charge in [0.05, 0.1) is 0 Å².